The third-order valence-electron chi connectivity index (χ3n) is 6.07. The van der Waals surface area contributed by atoms with Gasteiger partial charge in [-0.05, 0) is 83.9 Å². The minimum atomic E-state index is -0.406. The van der Waals surface area contributed by atoms with E-state index in [0.29, 0.717) is 47.3 Å². The van der Waals surface area contributed by atoms with E-state index in [1.807, 2.05) is 13.8 Å². The predicted octanol–water partition coefficient (Wildman–Crippen LogP) is 3.87. The van der Waals surface area contributed by atoms with Crippen molar-refractivity contribution in [2.45, 2.75) is 33.0 Å². The molecule has 11 heteroatoms. The molecule has 3 heterocycles. The topological polar surface area (TPSA) is 115 Å². The Kier molecular flexibility index (Phi) is 6.34. The van der Waals surface area contributed by atoms with E-state index < -0.39 is 11.7 Å². The van der Waals surface area contributed by atoms with Crippen molar-refractivity contribution in [2.75, 3.05) is 12.4 Å². The zero-order valence-electron chi connectivity index (χ0n) is 20.5. The zero-order valence-corrected chi connectivity index (χ0v) is 20.5. The molecule has 5 rings (SSSR count). The Bertz CT molecular complexity index is 1480. The van der Waals surface area contributed by atoms with Crippen LogP contribution in [0.5, 0.6) is 5.75 Å². The molecule has 4 aromatic rings. The number of tetrazole rings is 1. The maximum Gasteiger partial charge on any atom is 0.260 e. The van der Waals surface area contributed by atoms with E-state index in [2.05, 4.69) is 25.8 Å². The highest BCUT2D eigenvalue weighted by Gasteiger charge is 2.27. The molecule has 0 fully saturated rings. The molecule has 188 valence electrons. The molecule has 0 saturated heterocycles. The zero-order chi connectivity index (χ0) is 26.1. The number of carbonyl (C=O) groups is 2. The second-order valence-corrected chi connectivity index (χ2v) is 8.89. The molecular weight excluding hydrogens is 477 g/mol. The Labute approximate surface area is 212 Å². The number of carbonyl (C=O) groups excluding carboxylic acids is 2. The Morgan fingerprint density at radius 3 is 2.49 bits per heavy atom. The minimum Gasteiger partial charge on any atom is -0.496 e. The van der Waals surface area contributed by atoms with Crippen LogP contribution in [0.3, 0.4) is 0 Å². The number of benzene rings is 2. The van der Waals surface area contributed by atoms with Gasteiger partial charge < -0.3 is 15.0 Å². The maximum absolute atomic E-state index is 13.3. The standard InChI is InChI=1S/C26H24FN7O3/c1-15(2)34-24(30-31-32-34)21-5-4-6-23(28-21)29-25(35)20-11-17-13-33(14-18(17)12-22(20)37-3)26(36)16-7-9-19(27)10-8-16/h4-12,15H,13-14H2,1-3H3,(H,28,29,35). The van der Waals surface area contributed by atoms with Crippen LogP contribution in [0, 0.1) is 5.82 Å². The molecule has 2 aromatic carbocycles. The summed E-state index contributed by atoms with van der Waals surface area (Å²) in [5, 5.41) is 14.6. The number of anilines is 1. The number of hydrogen-bond acceptors (Lipinski definition) is 7. The maximum atomic E-state index is 13.3. The normalized spacial score (nSPS) is 12.5. The Morgan fingerprint density at radius 1 is 1.05 bits per heavy atom. The summed E-state index contributed by atoms with van der Waals surface area (Å²) in [7, 11) is 1.49. The van der Waals surface area contributed by atoms with Crippen LogP contribution in [0.25, 0.3) is 11.5 Å². The molecule has 2 aromatic heterocycles. The average molecular weight is 502 g/mol. The van der Waals surface area contributed by atoms with E-state index in [4.69, 9.17) is 4.74 Å². The monoisotopic (exact) mass is 501 g/mol. The van der Waals surface area contributed by atoms with Gasteiger partial charge in [0, 0.05) is 18.7 Å². The first-order valence-corrected chi connectivity index (χ1v) is 11.7. The fourth-order valence-corrected chi connectivity index (χ4v) is 4.22. The highest BCUT2D eigenvalue weighted by atomic mass is 19.1. The number of amides is 2. The Balaban J connectivity index is 1.37. The molecule has 1 aliphatic heterocycles. The predicted molar refractivity (Wildman–Crippen MR) is 132 cm³/mol. The molecule has 0 radical (unpaired) electrons. The molecule has 0 atom stereocenters. The summed E-state index contributed by atoms with van der Waals surface area (Å²) in [6.45, 7) is 4.60. The number of nitrogens with zero attached hydrogens (tertiary/aromatic N) is 6. The Hall–Kier alpha value is -4.67. The third-order valence-corrected chi connectivity index (χ3v) is 6.07. The van der Waals surface area contributed by atoms with E-state index in [1.165, 1.54) is 31.4 Å². The van der Waals surface area contributed by atoms with Crippen molar-refractivity contribution in [3.05, 3.63) is 82.7 Å². The van der Waals surface area contributed by atoms with Gasteiger partial charge in [0.1, 0.15) is 23.1 Å². The summed E-state index contributed by atoms with van der Waals surface area (Å²) in [4.78, 5) is 32.3. The number of aromatic nitrogens is 5. The van der Waals surface area contributed by atoms with Crippen LogP contribution < -0.4 is 10.1 Å². The van der Waals surface area contributed by atoms with E-state index in [-0.39, 0.29) is 11.9 Å². The smallest absolute Gasteiger partial charge is 0.260 e. The average Bonchev–Trinajstić information content (AvgIpc) is 3.55. The van der Waals surface area contributed by atoms with E-state index in [9.17, 15) is 14.0 Å². The van der Waals surface area contributed by atoms with Gasteiger partial charge >= 0.3 is 0 Å². The van der Waals surface area contributed by atoms with Crippen LogP contribution in [0.1, 0.15) is 51.7 Å². The van der Waals surface area contributed by atoms with Crippen LogP contribution in [0.2, 0.25) is 0 Å². The molecule has 2 amide bonds. The molecular formula is C26H24FN7O3. The summed E-state index contributed by atoms with van der Waals surface area (Å²) in [6, 6.07) is 14.2. The molecule has 0 spiro atoms. The first-order valence-electron chi connectivity index (χ1n) is 11.7. The SMILES string of the molecule is COc1cc2c(cc1C(=O)Nc1cccc(-c3nnnn3C(C)C)n1)CN(C(=O)c1ccc(F)cc1)C2. The van der Waals surface area contributed by atoms with E-state index >= 15 is 0 Å². The molecule has 0 saturated carbocycles. The van der Waals surface area contributed by atoms with Crippen molar-refractivity contribution in [3.8, 4) is 17.3 Å². The van der Waals surface area contributed by atoms with E-state index in [0.717, 1.165) is 11.1 Å². The van der Waals surface area contributed by atoms with Crippen molar-refractivity contribution >= 4 is 17.6 Å². The molecule has 37 heavy (non-hydrogen) atoms. The molecule has 1 aliphatic rings. The van der Waals surface area contributed by atoms with Crippen molar-refractivity contribution in [1.82, 2.24) is 30.1 Å². The van der Waals surface area contributed by atoms with Crippen LogP contribution in [-0.2, 0) is 13.1 Å². The summed E-state index contributed by atoms with van der Waals surface area (Å²) in [5.41, 5.74) is 2.95. The van der Waals surface area contributed by atoms with Crippen molar-refractivity contribution < 1.29 is 18.7 Å². The number of ether oxygens (including phenoxy) is 1. The number of hydrogen-bond donors (Lipinski definition) is 1. The lowest BCUT2D eigenvalue weighted by Crippen LogP contribution is -2.25. The summed E-state index contributed by atoms with van der Waals surface area (Å²) < 4.78 is 20.4. The highest BCUT2D eigenvalue weighted by molar-refractivity contribution is 6.06. The lowest BCUT2D eigenvalue weighted by Gasteiger charge is -2.15. The van der Waals surface area contributed by atoms with Crippen LogP contribution >= 0.6 is 0 Å². The fourth-order valence-electron chi connectivity index (χ4n) is 4.22. The van der Waals surface area contributed by atoms with Gasteiger partial charge in [-0.3, -0.25) is 9.59 Å². The summed E-state index contributed by atoms with van der Waals surface area (Å²) in [5.74, 6) is 0.179. The first-order chi connectivity index (χ1) is 17.8. The quantitative estimate of drug-likeness (QED) is 0.426. The van der Waals surface area contributed by atoms with Gasteiger partial charge in [0.05, 0.1) is 18.7 Å². The van der Waals surface area contributed by atoms with Gasteiger partial charge in [0.15, 0.2) is 0 Å². The van der Waals surface area contributed by atoms with Gasteiger partial charge in [-0.15, -0.1) is 5.10 Å². The fraction of sp³-hybridized carbons (Fsp3) is 0.231. The second kappa shape index (κ2) is 9.76. The van der Waals surface area contributed by atoms with Crippen molar-refractivity contribution in [1.29, 1.82) is 0 Å². The lowest BCUT2D eigenvalue weighted by molar-refractivity contribution is 0.0751. The lowest BCUT2D eigenvalue weighted by atomic mass is 10.0. The highest BCUT2D eigenvalue weighted by Crippen LogP contribution is 2.32. The summed E-state index contributed by atoms with van der Waals surface area (Å²) >= 11 is 0. The number of nitrogens with one attached hydrogen (secondary N) is 1. The number of rotatable bonds is 6. The minimum absolute atomic E-state index is 0.0372. The van der Waals surface area contributed by atoms with Crippen LogP contribution in [0.4, 0.5) is 10.2 Å². The van der Waals surface area contributed by atoms with Crippen molar-refractivity contribution in [3.63, 3.8) is 0 Å². The molecule has 10 nitrogen and oxygen atoms in total. The first kappa shape index (κ1) is 24.0. The number of fused-ring (bicyclic) bond motifs is 1. The number of methoxy groups -OCH3 is 1. The van der Waals surface area contributed by atoms with Gasteiger partial charge in [-0.1, -0.05) is 6.07 Å². The number of pyridine rings is 1. The largest absolute Gasteiger partial charge is 0.496 e. The van der Waals surface area contributed by atoms with Gasteiger partial charge in [-0.25, -0.2) is 14.1 Å². The molecule has 0 bridgehead atoms. The summed E-state index contributed by atoms with van der Waals surface area (Å²) in [6.07, 6.45) is 0. The van der Waals surface area contributed by atoms with Crippen molar-refractivity contribution in [2.24, 2.45) is 0 Å². The Morgan fingerprint density at radius 2 is 1.78 bits per heavy atom. The third kappa shape index (κ3) is 4.75. The molecule has 1 N–H and O–H groups in total. The van der Waals surface area contributed by atoms with Crippen LogP contribution in [-0.4, -0.2) is 49.0 Å². The second-order valence-electron chi connectivity index (χ2n) is 8.89. The van der Waals surface area contributed by atoms with E-state index in [1.54, 1.807) is 39.9 Å². The van der Waals surface area contributed by atoms with Gasteiger partial charge in [0.25, 0.3) is 11.8 Å². The van der Waals surface area contributed by atoms with Gasteiger partial charge in [0.2, 0.25) is 5.82 Å². The molecule has 0 aliphatic carbocycles. The van der Waals surface area contributed by atoms with Gasteiger partial charge in [-0.2, -0.15) is 0 Å². The van der Waals surface area contributed by atoms with Crippen LogP contribution in [0.15, 0.2) is 54.6 Å². The molecule has 0 unspecified atom stereocenters. The number of halogens is 1.